The third-order valence-corrected chi connectivity index (χ3v) is 4.31. The SMILES string of the molecule is N#Cc1cccc2cc(OCC3CN3Cc3ccccc3)cnc12. The topological polar surface area (TPSA) is 48.9 Å². The van der Waals surface area contributed by atoms with Crippen LogP contribution in [0.25, 0.3) is 10.9 Å². The summed E-state index contributed by atoms with van der Waals surface area (Å²) < 4.78 is 5.89. The van der Waals surface area contributed by atoms with Gasteiger partial charge in [-0.25, -0.2) is 0 Å². The molecule has 2 heterocycles. The quantitative estimate of drug-likeness (QED) is 0.677. The minimum atomic E-state index is 0.464. The molecular weight excluding hydrogens is 298 g/mol. The van der Waals surface area contributed by atoms with Gasteiger partial charge in [0.25, 0.3) is 0 Å². The predicted molar refractivity (Wildman–Crippen MR) is 92.6 cm³/mol. The van der Waals surface area contributed by atoms with Crippen LogP contribution in [-0.4, -0.2) is 29.1 Å². The highest BCUT2D eigenvalue weighted by atomic mass is 16.5. The second kappa shape index (κ2) is 6.31. The van der Waals surface area contributed by atoms with Gasteiger partial charge >= 0.3 is 0 Å². The zero-order chi connectivity index (χ0) is 16.4. The molecule has 24 heavy (non-hydrogen) atoms. The van der Waals surface area contributed by atoms with E-state index in [-0.39, 0.29) is 0 Å². The number of ether oxygens (including phenoxy) is 1. The van der Waals surface area contributed by atoms with Gasteiger partial charge < -0.3 is 4.74 Å². The summed E-state index contributed by atoms with van der Waals surface area (Å²) >= 11 is 0. The zero-order valence-electron chi connectivity index (χ0n) is 13.2. The van der Waals surface area contributed by atoms with Crippen LogP contribution in [0.5, 0.6) is 5.75 Å². The lowest BCUT2D eigenvalue weighted by molar-refractivity contribution is 0.292. The lowest BCUT2D eigenvalue weighted by Crippen LogP contribution is -2.11. The van der Waals surface area contributed by atoms with E-state index in [1.54, 1.807) is 12.3 Å². The van der Waals surface area contributed by atoms with Gasteiger partial charge in [0.05, 0.1) is 23.3 Å². The third-order valence-electron chi connectivity index (χ3n) is 4.31. The molecular formula is C20H17N3O. The number of benzene rings is 2. The van der Waals surface area contributed by atoms with Gasteiger partial charge in [0.15, 0.2) is 0 Å². The zero-order valence-corrected chi connectivity index (χ0v) is 13.2. The number of pyridine rings is 1. The van der Waals surface area contributed by atoms with Crippen LogP contribution in [0.15, 0.2) is 60.8 Å². The molecule has 0 amide bonds. The van der Waals surface area contributed by atoms with Crippen LogP contribution in [0.2, 0.25) is 0 Å². The van der Waals surface area contributed by atoms with E-state index in [1.807, 2.05) is 24.3 Å². The van der Waals surface area contributed by atoms with E-state index < -0.39 is 0 Å². The average molecular weight is 315 g/mol. The molecule has 2 aromatic carbocycles. The molecule has 4 heteroatoms. The number of hydrogen-bond donors (Lipinski definition) is 0. The molecule has 0 radical (unpaired) electrons. The Morgan fingerprint density at radius 1 is 1.17 bits per heavy atom. The highest BCUT2D eigenvalue weighted by Crippen LogP contribution is 2.24. The molecule has 0 spiro atoms. The van der Waals surface area contributed by atoms with Crippen LogP contribution in [0.4, 0.5) is 0 Å². The first-order chi connectivity index (χ1) is 11.8. The minimum absolute atomic E-state index is 0.464. The Kier molecular flexibility index (Phi) is 3.86. The number of rotatable bonds is 5. The molecule has 2 unspecified atom stereocenters. The molecule has 0 bridgehead atoms. The molecule has 1 aliphatic heterocycles. The molecule has 1 aliphatic rings. The van der Waals surface area contributed by atoms with E-state index in [4.69, 9.17) is 10.00 Å². The molecule has 4 rings (SSSR count). The van der Waals surface area contributed by atoms with Crippen molar-refractivity contribution in [2.24, 2.45) is 0 Å². The lowest BCUT2D eigenvalue weighted by Gasteiger charge is -2.08. The molecule has 1 aromatic heterocycles. The highest BCUT2D eigenvalue weighted by Gasteiger charge is 2.34. The summed E-state index contributed by atoms with van der Waals surface area (Å²) in [6, 6.07) is 20.7. The van der Waals surface area contributed by atoms with Crippen LogP contribution in [0.3, 0.4) is 0 Å². The first-order valence-electron chi connectivity index (χ1n) is 8.03. The van der Waals surface area contributed by atoms with Gasteiger partial charge in [-0.2, -0.15) is 5.26 Å². The minimum Gasteiger partial charge on any atom is -0.490 e. The fraction of sp³-hybridized carbons (Fsp3) is 0.200. The maximum atomic E-state index is 9.11. The second-order valence-corrected chi connectivity index (χ2v) is 6.04. The van der Waals surface area contributed by atoms with Crippen molar-refractivity contribution >= 4 is 10.9 Å². The van der Waals surface area contributed by atoms with Crippen molar-refractivity contribution in [2.45, 2.75) is 12.6 Å². The van der Waals surface area contributed by atoms with Crippen molar-refractivity contribution in [3.05, 3.63) is 71.9 Å². The van der Waals surface area contributed by atoms with Gasteiger partial charge in [-0.05, 0) is 17.7 Å². The molecule has 1 fully saturated rings. The van der Waals surface area contributed by atoms with Crippen molar-refractivity contribution in [1.29, 1.82) is 5.26 Å². The Morgan fingerprint density at radius 2 is 2.04 bits per heavy atom. The molecule has 0 aliphatic carbocycles. The van der Waals surface area contributed by atoms with Gasteiger partial charge in [-0.15, -0.1) is 0 Å². The lowest BCUT2D eigenvalue weighted by atomic mass is 10.1. The molecule has 1 saturated heterocycles. The number of nitrogens with zero attached hydrogens (tertiary/aromatic N) is 3. The van der Waals surface area contributed by atoms with Crippen molar-refractivity contribution in [3.63, 3.8) is 0 Å². The largest absolute Gasteiger partial charge is 0.490 e. The summed E-state index contributed by atoms with van der Waals surface area (Å²) in [4.78, 5) is 6.76. The Bertz CT molecular complexity index is 902. The predicted octanol–water partition coefficient (Wildman–Crippen LogP) is 3.37. The number of hydrogen-bond acceptors (Lipinski definition) is 4. The first-order valence-corrected chi connectivity index (χ1v) is 8.03. The first kappa shape index (κ1) is 14.7. The Balaban J connectivity index is 1.37. The second-order valence-electron chi connectivity index (χ2n) is 6.04. The van der Waals surface area contributed by atoms with E-state index >= 15 is 0 Å². The maximum Gasteiger partial charge on any atom is 0.138 e. The summed E-state index contributed by atoms with van der Waals surface area (Å²) in [6.45, 7) is 2.70. The highest BCUT2D eigenvalue weighted by molar-refractivity contribution is 5.84. The standard InChI is InChI=1S/C20H17N3O/c21-10-17-8-4-7-16-9-19(11-22-20(16)17)24-14-18-13-23(18)12-15-5-2-1-3-6-15/h1-9,11,18H,12-14H2. The number of para-hydroxylation sites is 1. The van der Waals surface area contributed by atoms with Gasteiger partial charge in [0.2, 0.25) is 0 Å². The maximum absolute atomic E-state index is 9.11. The number of nitriles is 1. The number of aromatic nitrogens is 1. The van der Waals surface area contributed by atoms with Crippen LogP contribution < -0.4 is 4.74 Å². The van der Waals surface area contributed by atoms with Crippen LogP contribution in [-0.2, 0) is 6.54 Å². The van der Waals surface area contributed by atoms with Crippen LogP contribution in [0.1, 0.15) is 11.1 Å². The van der Waals surface area contributed by atoms with Gasteiger partial charge in [-0.1, -0.05) is 42.5 Å². The fourth-order valence-corrected chi connectivity index (χ4v) is 2.90. The summed E-state index contributed by atoms with van der Waals surface area (Å²) in [6.07, 6.45) is 1.70. The summed E-state index contributed by atoms with van der Waals surface area (Å²) in [5, 5.41) is 10.0. The summed E-state index contributed by atoms with van der Waals surface area (Å²) in [7, 11) is 0. The smallest absolute Gasteiger partial charge is 0.138 e. The number of fused-ring (bicyclic) bond motifs is 1. The monoisotopic (exact) mass is 315 g/mol. The van der Waals surface area contributed by atoms with Crippen molar-refractivity contribution in [3.8, 4) is 11.8 Å². The summed E-state index contributed by atoms with van der Waals surface area (Å²) in [5.41, 5.74) is 2.65. The van der Waals surface area contributed by atoms with E-state index in [9.17, 15) is 0 Å². The molecule has 3 aromatic rings. The van der Waals surface area contributed by atoms with E-state index in [1.165, 1.54) is 5.56 Å². The molecule has 118 valence electrons. The average Bonchev–Trinajstić information content (AvgIpc) is 3.38. The van der Waals surface area contributed by atoms with Gasteiger partial charge in [0, 0.05) is 18.5 Å². The van der Waals surface area contributed by atoms with Crippen molar-refractivity contribution in [2.75, 3.05) is 13.2 Å². The van der Waals surface area contributed by atoms with Crippen LogP contribution >= 0.6 is 0 Å². The fourth-order valence-electron chi connectivity index (χ4n) is 2.90. The van der Waals surface area contributed by atoms with E-state index in [0.29, 0.717) is 18.2 Å². The van der Waals surface area contributed by atoms with Crippen molar-refractivity contribution < 1.29 is 4.74 Å². The molecule has 2 atom stereocenters. The van der Waals surface area contributed by atoms with Crippen molar-refractivity contribution in [1.82, 2.24) is 9.88 Å². The Labute approximate surface area is 140 Å². The molecule has 4 nitrogen and oxygen atoms in total. The van der Waals surface area contributed by atoms with E-state index in [0.717, 1.165) is 29.7 Å². The Hall–Kier alpha value is -2.90. The van der Waals surface area contributed by atoms with Crippen LogP contribution in [0, 0.1) is 11.3 Å². The molecule has 0 saturated carbocycles. The molecule has 0 N–H and O–H groups in total. The summed E-state index contributed by atoms with van der Waals surface area (Å²) in [5.74, 6) is 0.754. The third kappa shape index (κ3) is 3.08. The Morgan fingerprint density at radius 3 is 2.88 bits per heavy atom. The van der Waals surface area contributed by atoms with Gasteiger partial charge in [0.1, 0.15) is 18.4 Å². The van der Waals surface area contributed by atoms with Gasteiger partial charge in [-0.3, -0.25) is 9.88 Å². The van der Waals surface area contributed by atoms with E-state index in [2.05, 4.69) is 40.2 Å². The normalized spacial score (nSPS) is 19.0.